The summed E-state index contributed by atoms with van der Waals surface area (Å²) in [4.78, 5) is 12.8. The second-order valence-electron chi connectivity index (χ2n) is 4.21. The highest BCUT2D eigenvalue weighted by molar-refractivity contribution is 5.81. The lowest BCUT2D eigenvalue weighted by Crippen LogP contribution is -2.37. The van der Waals surface area contributed by atoms with E-state index in [-0.39, 0.29) is 24.7 Å². The molecule has 106 valence electrons. The van der Waals surface area contributed by atoms with Gasteiger partial charge in [-0.25, -0.2) is 8.78 Å². The molecule has 0 heterocycles. The summed E-state index contributed by atoms with van der Waals surface area (Å²) in [6.07, 6.45) is 0.675. The topological polar surface area (TPSA) is 58.4 Å². The van der Waals surface area contributed by atoms with Crippen molar-refractivity contribution >= 4 is 11.6 Å². The molecule has 1 rings (SSSR count). The molecule has 19 heavy (non-hydrogen) atoms. The molecule has 0 fully saturated rings. The lowest BCUT2D eigenvalue weighted by Gasteiger charge is -2.24. The second kappa shape index (κ2) is 7.04. The number of nitrogens with one attached hydrogen (secondary N) is 1. The molecule has 6 heteroatoms. The molecule has 1 aromatic carbocycles. The number of amides is 1. The summed E-state index contributed by atoms with van der Waals surface area (Å²) in [5, 5.41) is 2.44. The average Bonchev–Trinajstić information content (AvgIpc) is 2.37. The predicted octanol–water partition coefficient (Wildman–Crippen LogP) is 1.39. The number of halogens is 2. The van der Waals surface area contributed by atoms with Gasteiger partial charge in [-0.3, -0.25) is 4.79 Å². The van der Waals surface area contributed by atoms with Gasteiger partial charge in [-0.15, -0.1) is 0 Å². The smallest absolute Gasteiger partial charge is 0.239 e. The first-order chi connectivity index (χ1) is 9.03. The minimum atomic E-state index is -0.696. The number of carbonyl (C=O) groups is 1. The van der Waals surface area contributed by atoms with Crippen molar-refractivity contribution < 1.29 is 13.6 Å². The molecule has 0 aliphatic carbocycles. The van der Waals surface area contributed by atoms with Gasteiger partial charge in [0.2, 0.25) is 5.91 Å². The maximum Gasteiger partial charge on any atom is 0.239 e. The molecule has 0 aromatic heterocycles. The number of carbonyl (C=O) groups excluding carboxylic acids is 1. The fraction of sp³-hybridized carbons (Fsp3) is 0.462. The Bertz CT molecular complexity index is 429. The van der Waals surface area contributed by atoms with E-state index in [2.05, 4.69) is 5.32 Å². The van der Waals surface area contributed by atoms with Gasteiger partial charge in [0.05, 0.1) is 6.54 Å². The summed E-state index contributed by atoms with van der Waals surface area (Å²) in [6.45, 7) is 2.25. The zero-order valence-electron chi connectivity index (χ0n) is 11.2. The first-order valence-corrected chi connectivity index (χ1v) is 6.17. The normalized spacial score (nSPS) is 10.4. The van der Waals surface area contributed by atoms with Crippen LogP contribution in [-0.2, 0) is 11.3 Å². The Morgan fingerprint density at radius 1 is 1.37 bits per heavy atom. The van der Waals surface area contributed by atoms with E-state index in [9.17, 15) is 13.6 Å². The van der Waals surface area contributed by atoms with Crippen LogP contribution in [0.3, 0.4) is 0 Å². The van der Waals surface area contributed by atoms with E-state index in [1.54, 1.807) is 0 Å². The highest BCUT2D eigenvalue weighted by Gasteiger charge is 2.19. The fourth-order valence-corrected chi connectivity index (χ4v) is 1.83. The molecule has 0 atom stereocenters. The van der Waals surface area contributed by atoms with Gasteiger partial charge in [-0.1, -0.05) is 6.92 Å². The van der Waals surface area contributed by atoms with Crippen molar-refractivity contribution in [3.8, 4) is 0 Å². The number of anilines is 1. The predicted molar refractivity (Wildman–Crippen MR) is 70.8 cm³/mol. The van der Waals surface area contributed by atoms with Gasteiger partial charge in [0, 0.05) is 20.1 Å². The molecular formula is C13H19F2N3O. The molecular weight excluding hydrogens is 252 g/mol. The zero-order chi connectivity index (χ0) is 14.4. The van der Waals surface area contributed by atoms with Crippen LogP contribution in [0.4, 0.5) is 14.5 Å². The minimum Gasteiger partial charge on any atom is -0.358 e. The molecule has 3 N–H and O–H groups in total. The SMILES string of the molecule is CCCN(CC(=O)NC)c1c(F)cc(CN)cc1F. The van der Waals surface area contributed by atoms with Crippen LogP contribution in [0.1, 0.15) is 18.9 Å². The van der Waals surface area contributed by atoms with Crippen LogP contribution in [0, 0.1) is 11.6 Å². The molecule has 0 radical (unpaired) electrons. The lowest BCUT2D eigenvalue weighted by atomic mass is 10.1. The monoisotopic (exact) mass is 271 g/mol. The Morgan fingerprint density at radius 3 is 2.37 bits per heavy atom. The Morgan fingerprint density at radius 2 is 1.95 bits per heavy atom. The highest BCUT2D eigenvalue weighted by atomic mass is 19.1. The zero-order valence-corrected chi connectivity index (χ0v) is 11.2. The third-order valence-electron chi connectivity index (χ3n) is 2.74. The van der Waals surface area contributed by atoms with E-state index in [1.165, 1.54) is 24.1 Å². The van der Waals surface area contributed by atoms with E-state index in [0.29, 0.717) is 18.5 Å². The van der Waals surface area contributed by atoms with Crippen LogP contribution in [0.15, 0.2) is 12.1 Å². The Labute approximate surface area is 111 Å². The lowest BCUT2D eigenvalue weighted by molar-refractivity contribution is -0.119. The van der Waals surface area contributed by atoms with E-state index >= 15 is 0 Å². The summed E-state index contributed by atoms with van der Waals surface area (Å²) < 4.78 is 27.9. The van der Waals surface area contributed by atoms with Gasteiger partial charge >= 0.3 is 0 Å². The Balaban J connectivity index is 3.11. The van der Waals surface area contributed by atoms with Crippen LogP contribution in [0.5, 0.6) is 0 Å². The molecule has 4 nitrogen and oxygen atoms in total. The van der Waals surface area contributed by atoms with Crippen molar-refractivity contribution in [2.24, 2.45) is 5.73 Å². The van der Waals surface area contributed by atoms with Gasteiger partial charge in [0.25, 0.3) is 0 Å². The second-order valence-corrected chi connectivity index (χ2v) is 4.21. The maximum atomic E-state index is 14.0. The Kier molecular flexibility index (Phi) is 5.69. The van der Waals surface area contributed by atoms with Gasteiger partial charge in [0.15, 0.2) is 0 Å². The first-order valence-electron chi connectivity index (χ1n) is 6.17. The molecule has 0 spiro atoms. The summed E-state index contributed by atoms with van der Waals surface area (Å²) in [5.74, 6) is -1.69. The fourth-order valence-electron chi connectivity index (χ4n) is 1.83. The number of hydrogen-bond acceptors (Lipinski definition) is 3. The van der Waals surface area contributed by atoms with Gasteiger partial charge in [0.1, 0.15) is 17.3 Å². The van der Waals surface area contributed by atoms with Crippen LogP contribution < -0.4 is 16.0 Å². The number of rotatable bonds is 6. The number of hydrogen-bond donors (Lipinski definition) is 2. The number of likely N-dealkylation sites (N-methyl/N-ethyl adjacent to an activating group) is 1. The molecule has 1 amide bonds. The maximum absolute atomic E-state index is 14.0. The summed E-state index contributed by atoms with van der Waals surface area (Å²) >= 11 is 0. The van der Waals surface area contributed by atoms with E-state index in [1.807, 2.05) is 6.92 Å². The highest BCUT2D eigenvalue weighted by Crippen LogP contribution is 2.25. The van der Waals surface area contributed by atoms with Crippen molar-refractivity contribution in [2.45, 2.75) is 19.9 Å². The number of benzene rings is 1. The number of nitrogens with zero attached hydrogens (tertiary/aromatic N) is 1. The van der Waals surface area contributed by atoms with Gasteiger partial charge in [-0.05, 0) is 24.1 Å². The molecule has 0 bridgehead atoms. The van der Waals surface area contributed by atoms with Crippen molar-refractivity contribution in [3.05, 3.63) is 29.3 Å². The van der Waals surface area contributed by atoms with Gasteiger partial charge in [-0.2, -0.15) is 0 Å². The van der Waals surface area contributed by atoms with Crippen LogP contribution in [0.25, 0.3) is 0 Å². The molecule has 1 aromatic rings. The van der Waals surface area contributed by atoms with Crippen molar-refractivity contribution in [3.63, 3.8) is 0 Å². The van der Waals surface area contributed by atoms with Crippen LogP contribution in [0.2, 0.25) is 0 Å². The van der Waals surface area contributed by atoms with Crippen molar-refractivity contribution in [1.82, 2.24) is 5.32 Å². The summed E-state index contributed by atoms with van der Waals surface area (Å²) in [5.41, 5.74) is 5.57. The number of nitrogens with two attached hydrogens (primary N) is 1. The first kappa shape index (κ1) is 15.4. The van der Waals surface area contributed by atoms with Crippen LogP contribution in [-0.4, -0.2) is 26.0 Å². The van der Waals surface area contributed by atoms with E-state index < -0.39 is 11.6 Å². The molecule has 0 unspecified atom stereocenters. The largest absolute Gasteiger partial charge is 0.358 e. The molecule has 0 saturated heterocycles. The third-order valence-corrected chi connectivity index (χ3v) is 2.74. The third kappa shape index (κ3) is 3.89. The van der Waals surface area contributed by atoms with E-state index in [4.69, 9.17) is 5.73 Å². The quantitative estimate of drug-likeness (QED) is 0.822. The summed E-state index contributed by atoms with van der Waals surface area (Å²) in [7, 11) is 1.48. The summed E-state index contributed by atoms with van der Waals surface area (Å²) in [6, 6.07) is 2.40. The van der Waals surface area contributed by atoms with Crippen molar-refractivity contribution in [1.29, 1.82) is 0 Å². The van der Waals surface area contributed by atoms with Crippen LogP contribution >= 0.6 is 0 Å². The van der Waals surface area contributed by atoms with Crippen molar-refractivity contribution in [2.75, 3.05) is 25.0 Å². The standard InChI is InChI=1S/C13H19F2N3O/c1-3-4-18(8-12(19)17-2)13-10(14)5-9(7-16)6-11(13)15/h5-6H,3-4,7-8,16H2,1-2H3,(H,17,19). The minimum absolute atomic E-state index is 0.0668. The molecule has 0 aliphatic rings. The average molecular weight is 271 g/mol. The Hall–Kier alpha value is -1.69. The van der Waals surface area contributed by atoms with E-state index in [0.717, 1.165) is 0 Å². The molecule has 0 aliphatic heterocycles. The van der Waals surface area contributed by atoms with Gasteiger partial charge < -0.3 is 16.0 Å². The molecule has 0 saturated carbocycles.